The Kier molecular flexibility index (Phi) is 7.48. The fourth-order valence-corrected chi connectivity index (χ4v) is 3.90. The zero-order valence-electron chi connectivity index (χ0n) is 17.3. The number of likely N-dealkylation sites (N-methyl/N-ethyl adjacent to an activating group) is 1. The minimum Gasteiger partial charge on any atom is -0.508 e. The van der Waals surface area contributed by atoms with E-state index in [0.29, 0.717) is 13.2 Å². The van der Waals surface area contributed by atoms with Gasteiger partial charge in [-0.05, 0) is 66.4 Å². The summed E-state index contributed by atoms with van der Waals surface area (Å²) in [6, 6.07) is 15.7. The standard InChI is InChI=1S/C25H30FNO2/c1-3-27(15-14-26)16-17-29-23-12-10-20(11-13-23)24-9-4-6-19(2)25(24)21-7-5-8-22(28)18-21/h4-8,10-13,18,24,28H,3,9,14-17H2,1-2H3. The van der Waals surface area contributed by atoms with Crippen molar-refractivity contribution in [1.29, 1.82) is 0 Å². The Labute approximate surface area is 173 Å². The van der Waals surface area contributed by atoms with Crippen LogP contribution >= 0.6 is 0 Å². The molecule has 0 heterocycles. The van der Waals surface area contributed by atoms with Crippen molar-refractivity contribution in [1.82, 2.24) is 4.90 Å². The highest BCUT2D eigenvalue weighted by Crippen LogP contribution is 2.41. The first-order chi connectivity index (χ1) is 14.1. The van der Waals surface area contributed by atoms with E-state index in [9.17, 15) is 9.50 Å². The third-order valence-corrected chi connectivity index (χ3v) is 5.48. The van der Waals surface area contributed by atoms with Crippen LogP contribution in [0.2, 0.25) is 0 Å². The van der Waals surface area contributed by atoms with Gasteiger partial charge in [-0.1, -0.05) is 43.3 Å². The van der Waals surface area contributed by atoms with Gasteiger partial charge in [0.2, 0.25) is 0 Å². The maximum atomic E-state index is 12.5. The Morgan fingerprint density at radius 3 is 2.62 bits per heavy atom. The third-order valence-electron chi connectivity index (χ3n) is 5.48. The van der Waals surface area contributed by atoms with Crippen molar-refractivity contribution in [2.24, 2.45) is 0 Å². The molecule has 1 N–H and O–H groups in total. The summed E-state index contributed by atoms with van der Waals surface area (Å²) in [5, 5.41) is 9.91. The van der Waals surface area contributed by atoms with Crippen LogP contribution in [0, 0.1) is 0 Å². The van der Waals surface area contributed by atoms with Crippen molar-refractivity contribution in [2.45, 2.75) is 26.2 Å². The predicted molar refractivity (Wildman–Crippen MR) is 117 cm³/mol. The first-order valence-electron chi connectivity index (χ1n) is 10.3. The van der Waals surface area contributed by atoms with E-state index >= 15 is 0 Å². The van der Waals surface area contributed by atoms with E-state index < -0.39 is 0 Å². The zero-order valence-corrected chi connectivity index (χ0v) is 17.3. The molecule has 0 amide bonds. The molecule has 0 aromatic heterocycles. The molecule has 1 atom stereocenters. The normalized spacial score (nSPS) is 16.5. The average molecular weight is 396 g/mol. The number of halogens is 1. The van der Waals surface area contributed by atoms with E-state index in [-0.39, 0.29) is 18.3 Å². The van der Waals surface area contributed by atoms with Gasteiger partial charge in [-0.15, -0.1) is 0 Å². The van der Waals surface area contributed by atoms with Crippen molar-refractivity contribution in [3.8, 4) is 11.5 Å². The number of nitrogens with zero attached hydrogens (tertiary/aromatic N) is 1. The molecule has 0 saturated heterocycles. The molecular weight excluding hydrogens is 365 g/mol. The number of alkyl halides is 1. The molecule has 0 bridgehead atoms. The second-order valence-electron chi connectivity index (χ2n) is 7.38. The predicted octanol–water partition coefficient (Wildman–Crippen LogP) is 5.58. The highest BCUT2D eigenvalue weighted by molar-refractivity contribution is 5.77. The SMILES string of the molecule is CCN(CCF)CCOc1ccc(C2CC=CC(C)=C2c2cccc(O)c2)cc1. The van der Waals surface area contributed by atoms with Gasteiger partial charge in [0.1, 0.15) is 24.8 Å². The van der Waals surface area contributed by atoms with E-state index in [2.05, 4.69) is 37.3 Å². The van der Waals surface area contributed by atoms with Gasteiger partial charge >= 0.3 is 0 Å². The van der Waals surface area contributed by atoms with Crippen LogP contribution in [0.1, 0.15) is 37.3 Å². The molecule has 0 aliphatic heterocycles. The molecule has 2 aromatic carbocycles. The fraction of sp³-hybridized carbons (Fsp3) is 0.360. The van der Waals surface area contributed by atoms with Crippen molar-refractivity contribution in [3.05, 3.63) is 77.4 Å². The van der Waals surface area contributed by atoms with Gasteiger partial charge in [0, 0.05) is 19.0 Å². The highest BCUT2D eigenvalue weighted by Gasteiger charge is 2.22. The lowest BCUT2D eigenvalue weighted by Gasteiger charge is -2.25. The van der Waals surface area contributed by atoms with Crippen molar-refractivity contribution >= 4 is 5.57 Å². The van der Waals surface area contributed by atoms with Crippen LogP contribution in [-0.2, 0) is 0 Å². The number of rotatable bonds is 9. The lowest BCUT2D eigenvalue weighted by molar-refractivity contribution is 0.203. The summed E-state index contributed by atoms with van der Waals surface area (Å²) in [6.45, 7) is 6.38. The van der Waals surface area contributed by atoms with Crippen molar-refractivity contribution in [2.75, 3.05) is 32.9 Å². The number of phenols is 1. The molecule has 0 radical (unpaired) electrons. The summed E-state index contributed by atoms with van der Waals surface area (Å²) in [5.41, 5.74) is 4.76. The lowest BCUT2D eigenvalue weighted by Crippen LogP contribution is -2.30. The van der Waals surface area contributed by atoms with Crippen LogP contribution in [0.3, 0.4) is 0 Å². The quantitative estimate of drug-likeness (QED) is 0.602. The number of aromatic hydroxyl groups is 1. The maximum Gasteiger partial charge on any atom is 0.119 e. The number of ether oxygens (including phenoxy) is 1. The lowest BCUT2D eigenvalue weighted by atomic mass is 9.79. The fourth-order valence-electron chi connectivity index (χ4n) is 3.90. The van der Waals surface area contributed by atoms with Gasteiger partial charge in [0.15, 0.2) is 0 Å². The van der Waals surface area contributed by atoms with Crippen LogP contribution in [0.25, 0.3) is 5.57 Å². The number of hydrogen-bond acceptors (Lipinski definition) is 3. The van der Waals surface area contributed by atoms with Gasteiger partial charge in [0.25, 0.3) is 0 Å². The second-order valence-corrected chi connectivity index (χ2v) is 7.38. The Morgan fingerprint density at radius 2 is 1.93 bits per heavy atom. The number of allylic oxidation sites excluding steroid dienone is 4. The molecule has 1 aliphatic carbocycles. The summed E-state index contributed by atoms with van der Waals surface area (Å²) in [7, 11) is 0. The van der Waals surface area contributed by atoms with Crippen molar-refractivity contribution in [3.63, 3.8) is 0 Å². The smallest absolute Gasteiger partial charge is 0.119 e. The van der Waals surface area contributed by atoms with E-state index in [1.165, 1.54) is 16.7 Å². The number of phenolic OH excluding ortho intramolecular Hbond substituents is 1. The maximum absolute atomic E-state index is 12.5. The third kappa shape index (κ3) is 5.48. The Morgan fingerprint density at radius 1 is 1.14 bits per heavy atom. The van der Waals surface area contributed by atoms with Gasteiger partial charge in [-0.2, -0.15) is 0 Å². The van der Waals surface area contributed by atoms with Gasteiger partial charge < -0.3 is 9.84 Å². The monoisotopic (exact) mass is 395 g/mol. The Balaban J connectivity index is 1.71. The van der Waals surface area contributed by atoms with Crippen LogP contribution in [0.4, 0.5) is 4.39 Å². The summed E-state index contributed by atoms with van der Waals surface area (Å²) >= 11 is 0. The Bertz CT molecular complexity index is 857. The minimum absolute atomic E-state index is 0.246. The molecule has 0 saturated carbocycles. The molecule has 0 fully saturated rings. The summed E-state index contributed by atoms with van der Waals surface area (Å²) in [4.78, 5) is 2.04. The first kappa shape index (κ1) is 21.1. The van der Waals surface area contributed by atoms with E-state index in [0.717, 1.165) is 30.8 Å². The Hall–Kier alpha value is -2.59. The van der Waals surface area contributed by atoms with Gasteiger partial charge in [-0.25, -0.2) is 4.39 Å². The topological polar surface area (TPSA) is 32.7 Å². The molecule has 29 heavy (non-hydrogen) atoms. The van der Waals surface area contributed by atoms with Crippen LogP contribution in [0.15, 0.2) is 66.3 Å². The van der Waals surface area contributed by atoms with Crippen LogP contribution in [-0.4, -0.2) is 42.9 Å². The number of hydrogen-bond donors (Lipinski definition) is 1. The molecule has 0 spiro atoms. The van der Waals surface area contributed by atoms with E-state index in [4.69, 9.17) is 4.74 Å². The molecule has 3 nitrogen and oxygen atoms in total. The van der Waals surface area contributed by atoms with Crippen molar-refractivity contribution < 1.29 is 14.2 Å². The second kappa shape index (κ2) is 10.3. The first-order valence-corrected chi connectivity index (χ1v) is 10.3. The molecule has 4 heteroatoms. The van der Waals surface area contributed by atoms with Gasteiger partial charge in [-0.3, -0.25) is 4.90 Å². The highest BCUT2D eigenvalue weighted by atomic mass is 19.1. The van der Waals surface area contributed by atoms with E-state index in [1.54, 1.807) is 6.07 Å². The zero-order chi connectivity index (χ0) is 20.6. The van der Waals surface area contributed by atoms with E-state index in [1.807, 2.05) is 36.1 Å². The minimum atomic E-state index is -0.327. The van der Waals surface area contributed by atoms with Gasteiger partial charge in [0.05, 0.1) is 0 Å². The molecular formula is C25H30FNO2. The molecule has 3 rings (SSSR count). The molecule has 1 unspecified atom stereocenters. The number of benzene rings is 2. The summed E-state index contributed by atoms with van der Waals surface area (Å²) in [6.07, 6.45) is 5.29. The van der Waals surface area contributed by atoms with Crippen LogP contribution in [0.5, 0.6) is 11.5 Å². The molecule has 2 aromatic rings. The molecule has 1 aliphatic rings. The summed E-state index contributed by atoms with van der Waals surface area (Å²) in [5.74, 6) is 1.36. The largest absolute Gasteiger partial charge is 0.508 e. The molecule has 154 valence electrons. The summed E-state index contributed by atoms with van der Waals surface area (Å²) < 4.78 is 18.4. The van der Waals surface area contributed by atoms with Crippen LogP contribution < -0.4 is 4.74 Å². The average Bonchev–Trinajstić information content (AvgIpc) is 2.73.